The Bertz CT molecular complexity index is 1390. The zero-order valence-corrected chi connectivity index (χ0v) is 17.6. The lowest BCUT2D eigenvalue weighted by molar-refractivity contribution is -0.122. The molecule has 2 heterocycles. The molecule has 5 rings (SSSR count). The van der Waals surface area contributed by atoms with Crippen LogP contribution in [0.25, 0.3) is 21.9 Å². The highest BCUT2D eigenvalue weighted by Gasteiger charge is 2.25. The normalized spacial score (nSPS) is 18.8. The molecule has 32 heavy (non-hydrogen) atoms. The quantitative estimate of drug-likeness (QED) is 0.451. The van der Waals surface area contributed by atoms with Crippen LogP contribution in [-0.2, 0) is 11.2 Å². The lowest BCUT2D eigenvalue weighted by atomic mass is 9.90. The second-order valence-electron chi connectivity index (χ2n) is 8.42. The Morgan fingerprint density at radius 3 is 2.59 bits per heavy atom. The minimum absolute atomic E-state index is 0.0477. The van der Waals surface area contributed by atoms with Gasteiger partial charge in [0.15, 0.2) is 0 Å². The monoisotopic (exact) mass is 431 g/mol. The van der Waals surface area contributed by atoms with Gasteiger partial charge >= 0.3 is 5.69 Å². The van der Waals surface area contributed by atoms with Crippen LogP contribution < -0.4 is 16.6 Å². The van der Waals surface area contributed by atoms with E-state index >= 15 is 0 Å². The predicted molar refractivity (Wildman–Crippen MR) is 123 cm³/mol. The van der Waals surface area contributed by atoms with Gasteiger partial charge in [-0.05, 0) is 49.9 Å². The number of rotatable bonds is 5. The lowest BCUT2D eigenvalue weighted by Gasteiger charge is -2.29. The summed E-state index contributed by atoms with van der Waals surface area (Å²) in [5.41, 5.74) is 2.17. The van der Waals surface area contributed by atoms with Gasteiger partial charge in [0.1, 0.15) is 5.82 Å². The van der Waals surface area contributed by atoms with Crippen LogP contribution in [0.5, 0.6) is 0 Å². The Hall–Kier alpha value is -3.68. The smallest absolute Gasteiger partial charge is 0.326 e. The minimum atomic E-state index is -0.183. The number of nitrogens with zero attached hydrogens (tertiary/aromatic N) is 2. The van der Waals surface area contributed by atoms with Crippen LogP contribution in [0.15, 0.2) is 58.1 Å². The first-order valence-electron chi connectivity index (χ1n) is 11.0. The van der Waals surface area contributed by atoms with Crippen LogP contribution >= 0.6 is 0 Å². The van der Waals surface area contributed by atoms with Crippen LogP contribution in [0, 0.1) is 0 Å². The van der Waals surface area contributed by atoms with Crippen molar-refractivity contribution >= 4 is 27.8 Å². The third-order valence-corrected chi connectivity index (χ3v) is 6.30. The van der Waals surface area contributed by atoms with Crippen molar-refractivity contribution in [3.63, 3.8) is 0 Å². The highest BCUT2D eigenvalue weighted by Crippen LogP contribution is 2.29. The molecule has 0 unspecified atom stereocenters. The first-order valence-corrected chi connectivity index (χ1v) is 11.0. The van der Waals surface area contributed by atoms with Crippen molar-refractivity contribution in [1.29, 1.82) is 0 Å². The Balaban J connectivity index is 1.17. The highest BCUT2D eigenvalue weighted by atomic mass is 16.2. The van der Waals surface area contributed by atoms with Crippen molar-refractivity contribution in [2.24, 2.45) is 0 Å². The summed E-state index contributed by atoms with van der Waals surface area (Å²) in [6, 6.07) is 15.1. The van der Waals surface area contributed by atoms with E-state index in [0.717, 1.165) is 36.7 Å². The standard InChI is InChI=1S/C24H25N5O3/c30-22(14-13-21-26-18-6-2-1-5-17(18)23(31)28-21)25-15-9-11-16(12-10-15)29-20-8-4-3-7-19(20)27-24(29)32/h1-8,15-16H,9-14H2,(H,25,30)(H,27,32)(H,26,28,31)/t15-,16-. The maximum Gasteiger partial charge on any atom is 0.326 e. The summed E-state index contributed by atoms with van der Waals surface area (Å²) in [5.74, 6) is 0.472. The number of carbonyl (C=O) groups excluding carboxylic acids is 1. The molecular weight excluding hydrogens is 406 g/mol. The van der Waals surface area contributed by atoms with Gasteiger partial charge in [-0.15, -0.1) is 0 Å². The molecule has 0 spiro atoms. The molecule has 3 N–H and O–H groups in total. The Morgan fingerprint density at radius 2 is 1.75 bits per heavy atom. The topological polar surface area (TPSA) is 113 Å². The number of amides is 1. The maximum atomic E-state index is 12.5. The van der Waals surface area contributed by atoms with Crippen molar-refractivity contribution in [1.82, 2.24) is 24.8 Å². The van der Waals surface area contributed by atoms with E-state index in [2.05, 4.69) is 20.3 Å². The number of aromatic amines is 2. The van der Waals surface area contributed by atoms with Crippen LogP contribution in [0.3, 0.4) is 0 Å². The number of hydrogen-bond donors (Lipinski definition) is 3. The number of imidazole rings is 1. The first kappa shape index (κ1) is 20.2. The average molecular weight is 431 g/mol. The molecule has 0 atom stereocenters. The molecule has 1 aliphatic rings. The van der Waals surface area contributed by atoms with E-state index in [-0.39, 0.29) is 35.7 Å². The molecule has 0 bridgehead atoms. The molecule has 2 aromatic heterocycles. The molecule has 1 fully saturated rings. The molecule has 1 aliphatic carbocycles. The SMILES string of the molecule is O=C(CCc1nc2ccccc2c(=O)[nH]1)N[C@H]1CC[C@H](n2c(=O)[nH]c3ccccc32)CC1. The van der Waals surface area contributed by atoms with Gasteiger partial charge in [-0.3, -0.25) is 14.2 Å². The van der Waals surface area contributed by atoms with Crippen LogP contribution in [0.4, 0.5) is 0 Å². The third-order valence-electron chi connectivity index (χ3n) is 6.30. The van der Waals surface area contributed by atoms with Crippen molar-refractivity contribution < 1.29 is 4.79 Å². The molecule has 8 heteroatoms. The molecular formula is C24H25N5O3. The summed E-state index contributed by atoms with van der Waals surface area (Å²) >= 11 is 0. The van der Waals surface area contributed by atoms with E-state index in [1.807, 2.05) is 34.9 Å². The second-order valence-corrected chi connectivity index (χ2v) is 8.42. The third kappa shape index (κ3) is 3.95. The maximum absolute atomic E-state index is 12.5. The second kappa shape index (κ2) is 8.45. The van der Waals surface area contributed by atoms with Crippen molar-refractivity contribution in [3.05, 3.63) is 75.2 Å². The van der Waals surface area contributed by atoms with Gasteiger partial charge in [-0.2, -0.15) is 0 Å². The van der Waals surface area contributed by atoms with Gasteiger partial charge < -0.3 is 15.3 Å². The minimum Gasteiger partial charge on any atom is -0.353 e. The summed E-state index contributed by atoms with van der Waals surface area (Å²) in [4.78, 5) is 47.2. The van der Waals surface area contributed by atoms with Gasteiger partial charge in [0.25, 0.3) is 5.56 Å². The average Bonchev–Trinajstić information content (AvgIpc) is 3.14. The summed E-state index contributed by atoms with van der Waals surface area (Å²) in [6.07, 6.45) is 3.98. The van der Waals surface area contributed by atoms with Gasteiger partial charge in [0.05, 0.1) is 21.9 Å². The predicted octanol–water partition coefficient (Wildman–Crippen LogP) is 2.80. The molecule has 0 aliphatic heterocycles. The van der Waals surface area contributed by atoms with Gasteiger partial charge in [0, 0.05) is 24.9 Å². The number of nitrogens with one attached hydrogen (secondary N) is 3. The number of para-hydroxylation sites is 3. The van der Waals surface area contributed by atoms with Gasteiger partial charge in [0.2, 0.25) is 5.91 Å². The molecule has 164 valence electrons. The van der Waals surface area contributed by atoms with Crippen LogP contribution in [-0.4, -0.2) is 31.5 Å². The lowest BCUT2D eigenvalue weighted by Crippen LogP contribution is -2.39. The fourth-order valence-electron chi connectivity index (χ4n) is 4.70. The Morgan fingerprint density at radius 1 is 1.00 bits per heavy atom. The van der Waals surface area contributed by atoms with E-state index < -0.39 is 0 Å². The first-order chi connectivity index (χ1) is 15.6. The largest absolute Gasteiger partial charge is 0.353 e. The molecule has 0 radical (unpaired) electrons. The zero-order valence-electron chi connectivity index (χ0n) is 17.6. The van der Waals surface area contributed by atoms with E-state index in [1.54, 1.807) is 18.2 Å². The fourth-order valence-corrected chi connectivity index (χ4v) is 4.70. The number of fused-ring (bicyclic) bond motifs is 2. The number of hydrogen-bond acceptors (Lipinski definition) is 4. The molecule has 4 aromatic rings. The number of aryl methyl sites for hydroxylation is 1. The molecule has 8 nitrogen and oxygen atoms in total. The Kier molecular flexibility index (Phi) is 5.34. The van der Waals surface area contributed by atoms with E-state index in [4.69, 9.17) is 0 Å². The summed E-state index contributed by atoms with van der Waals surface area (Å²) in [6.45, 7) is 0. The number of H-pyrrole nitrogens is 2. The number of carbonyl (C=O) groups is 1. The fraction of sp³-hybridized carbons (Fsp3) is 0.333. The van der Waals surface area contributed by atoms with Gasteiger partial charge in [-0.1, -0.05) is 24.3 Å². The number of benzene rings is 2. The molecule has 0 saturated heterocycles. The summed E-state index contributed by atoms with van der Waals surface area (Å²) < 4.78 is 1.86. The van der Waals surface area contributed by atoms with Crippen LogP contribution in [0.1, 0.15) is 44.0 Å². The van der Waals surface area contributed by atoms with E-state index in [9.17, 15) is 14.4 Å². The van der Waals surface area contributed by atoms with Crippen molar-refractivity contribution in [3.8, 4) is 0 Å². The molecule has 1 amide bonds. The van der Waals surface area contributed by atoms with E-state index in [0.29, 0.717) is 23.1 Å². The van der Waals surface area contributed by atoms with Gasteiger partial charge in [-0.25, -0.2) is 9.78 Å². The number of aromatic nitrogens is 4. The zero-order chi connectivity index (χ0) is 22.1. The van der Waals surface area contributed by atoms with E-state index in [1.165, 1.54) is 0 Å². The van der Waals surface area contributed by atoms with Crippen molar-refractivity contribution in [2.45, 2.75) is 50.6 Å². The summed E-state index contributed by atoms with van der Waals surface area (Å²) in [5, 5.41) is 3.65. The highest BCUT2D eigenvalue weighted by molar-refractivity contribution is 5.78. The summed E-state index contributed by atoms with van der Waals surface area (Å²) in [7, 11) is 0. The van der Waals surface area contributed by atoms with Crippen molar-refractivity contribution in [2.75, 3.05) is 0 Å². The molecule has 1 saturated carbocycles. The Labute approximate surface area is 183 Å². The molecule has 2 aromatic carbocycles. The van der Waals surface area contributed by atoms with Crippen LogP contribution in [0.2, 0.25) is 0 Å².